The van der Waals surface area contributed by atoms with Gasteiger partial charge in [-0.2, -0.15) is 0 Å². The zero-order valence-electron chi connectivity index (χ0n) is 17.0. The highest BCUT2D eigenvalue weighted by molar-refractivity contribution is 5.36. The molecule has 142 valence electrons. The fourth-order valence-electron chi connectivity index (χ4n) is 7.28. The molecule has 2 saturated carbocycles. The maximum absolute atomic E-state index is 6.16. The lowest BCUT2D eigenvalue weighted by molar-refractivity contribution is -0.115. The van der Waals surface area contributed by atoms with Crippen molar-refractivity contribution in [3.8, 4) is 0 Å². The Labute approximate surface area is 159 Å². The average molecular weight is 355 g/mol. The average Bonchev–Trinajstić information content (AvgIpc) is 2.94. The Hall–Kier alpha value is -1.24. The van der Waals surface area contributed by atoms with E-state index in [9.17, 15) is 0 Å². The van der Waals surface area contributed by atoms with Crippen molar-refractivity contribution in [1.82, 2.24) is 0 Å². The van der Waals surface area contributed by atoms with Crippen LogP contribution < -0.4 is 0 Å². The largest absolute Gasteiger partial charge is 0.501 e. The van der Waals surface area contributed by atoms with Gasteiger partial charge in [-0.15, -0.1) is 5.73 Å². The molecule has 2 fully saturated rings. The Morgan fingerprint density at radius 1 is 1.15 bits per heavy atom. The number of ether oxygens (including phenoxy) is 2. The molecule has 0 unspecified atom stereocenters. The number of hydrogen-bond acceptors (Lipinski definition) is 2. The van der Waals surface area contributed by atoms with Crippen LogP contribution in [0.15, 0.2) is 41.4 Å². The SMILES string of the molecule is C=C=C[C@]1(OC)CC[C@H]2[C@@H]3CCC4=C(CC=C(OC)C4)[C@@]3(C)CC[C@@]21C. The predicted octanol–water partition coefficient (Wildman–Crippen LogP) is 5.96. The summed E-state index contributed by atoms with van der Waals surface area (Å²) in [7, 11) is 3.70. The van der Waals surface area contributed by atoms with Crippen molar-refractivity contribution in [3.63, 3.8) is 0 Å². The van der Waals surface area contributed by atoms with Crippen LogP contribution in [0.2, 0.25) is 0 Å². The van der Waals surface area contributed by atoms with Gasteiger partial charge in [0.15, 0.2) is 0 Å². The summed E-state index contributed by atoms with van der Waals surface area (Å²) < 4.78 is 11.7. The Balaban J connectivity index is 1.70. The van der Waals surface area contributed by atoms with Crippen LogP contribution in [0.5, 0.6) is 0 Å². The quantitative estimate of drug-likeness (QED) is 0.460. The highest BCUT2D eigenvalue weighted by Gasteiger charge is 2.64. The molecule has 2 heteroatoms. The van der Waals surface area contributed by atoms with E-state index < -0.39 is 0 Å². The van der Waals surface area contributed by atoms with Gasteiger partial charge in [0.1, 0.15) is 0 Å². The van der Waals surface area contributed by atoms with E-state index in [4.69, 9.17) is 9.47 Å². The van der Waals surface area contributed by atoms with Crippen molar-refractivity contribution < 1.29 is 9.47 Å². The van der Waals surface area contributed by atoms with Gasteiger partial charge in [-0.05, 0) is 74.3 Å². The van der Waals surface area contributed by atoms with Crippen LogP contribution in [0.25, 0.3) is 0 Å². The smallest absolute Gasteiger partial charge is 0.0987 e. The summed E-state index contributed by atoms with van der Waals surface area (Å²) in [5, 5.41) is 0. The first-order valence-corrected chi connectivity index (χ1v) is 10.3. The topological polar surface area (TPSA) is 18.5 Å². The Bertz CT molecular complexity index is 710. The molecule has 0 amide bonds. The van der Waals surface area contributed by atoms with E-state index in [1.807, 2.05) is 14.2 Å². The molecule has 0 spiro atoms. The molecule has 4 aliphatic carbocycles. The van der Waals surface area contributed by atoms with Crippen molar-refractivity contribution in [2.45, 2.75) is 70.8 Å². The molecular weight excluding hydrogens is 320 g/mol. The Kier molecular flexibility index (Phi) is 4.29. The summed E-state index contributed by atoms with van der Waals surface area (Å²) in [6.07, 6.45) is 14.1. The minimum absolute atomic E-state index is 0.176. The van der Waals surface area contributed by atoms with E-state index in [1.54, 1.807) is 11.1 Å². The molecule has 0 aromatic carbocycles. The van der Waals surface area contributed by atoms with Gasteiger partial charge in [-0.1, -0.05) is 31.6 Å². The van der Waals surface area contributed by atoms with E-state index in [2.05, 4.69) is 38.3 Å². The van der Waals surface area contributed by atoms with Crippen molar-refractivity contribution in [3.05, 3.63) is 41.4 Å². The fourth-order valence-corrected chi connectivity index (χ4v) is 7.28. The molecule has 0 aromatic heterocycles. The third-order valence-electron chi connectivity index (χ3n) is 8.84. The maximum Gasteiger partial charge on any atom is 0.0987 e. The second kappa shape index (κ2) is 6.14. The monoisotopic (exact) mass is 354 g/mol. The molecule has 4 aliphatic rings. The number of fused-ring (bicyclic) bond motifs is 4. The van der Waals surface area contributed by atoms with E-state index in [1.165, 1.54) is 37.9 Å². The molecule has 4 rings (SSSR count). The predicted molar refractivity (Wildman–Crippen MR) is 106 cm³/mol. The summed E-state index contributed by atoms with van der Waals surface area (Å²) in [6.45, 7) is 8.91. The minimum atomic E-state index is -0.176. The first-order chi connectivity index (χ1) is 12.4. The van der Waals surface area contributed by atoms with Gasteiger partial charge in [-0.25, -0.2) is 0 Å². The molecule has 26 heavy (non-hydrogen) atoms. The third kappa shape index (κ3) is 2.21. The summed E-state index contributed by atoms with van der Waals surface area (Å²) in [6, 6.07) is 0. The highest BCUT2D eigenvalue weighted by Crippen LogP contribution is 2.69. The molecule has 0 N–H and O–H groups in total. The van der Waals surface area contributed by atoms with Crippen molar-refractivity contribution in [2.75, 3.05) is 14.2 Å². The van der Waals surface area contributed by atoms with Gasteiger partial charge in [0, 0.05) is 18.9 Å². The number of allylic oxidation sites excluding steroid dienone is 3. The second-order valence-electron chi connectivity index (χ2n) is 9.40. The van der Waals surface area contributed by atoms with Crippen LogP contribution in [0.4, 0.5) is 0 Å². The van der Waals surface area contributed by atoms with E-state index >= 15 is 0 Å². The molecule has 2 nitrogen and oxygen atoms in total. The Morgan fingerprint density at radius 2 is 1.96 bits per heavy atom. The summed E-state index contributed by atoms with van der Waals surface area (Å²) >= 11 is 0. The first kappa shape index (κ1) is 18.1. The van der Waals surface area contributed by atoms with Gasteiger partial charge < -0.3 is 9.47 Å². The molecular formula is C24H34O2. The van der Waals surface area contributed by atoms with Gasteiger partial charge in [0.25, 0.3) is 0 Å². The standard InChI is InChI=1S/C24H34O2/c1-6-12-24(26-5)13-11-21-20-9-7-17-16-18(25-4)8-10-19(17)22(20,2)14-15-23(21,24)3/h8,12,20-21H,1,7,9-11,13-16H2,2-5H3/t20-,21-,22+,23-,24-/m0/s1. The first-order valence-electron chi connectivity index (χ1n) is 10.3. The second-order valence-corrected chi connectivity index (χ2v) is 9.40. The number of rotatable bonds is 3. The molecule has 0 aromatic rings. The summed E-state index contributed by atoms with van der Waals surface area (Å²) in [4.78, 5) is 0. The molecule has 0 aliphatic heterocycles. The van der Waals surface area contributed by atoms with Crippen molar-refractivity contribution in [2.24, 2.45) is 22.7 Å². The van der Waals surface area contributed by atoms with Crippen LogP contribution in [-0.2, 0) is 9.47 Å². The minimum Gasteiger partial charge on any atom is -0.501 e. The van der Waals surface area contributed by atoms with Crippen molar-refractivity contribution in [1.29, 1.82) is 0 Å². The molecule has 0 saturated heterocycles. The van der Waals surface area contributed by atoms with Crippen LogP contribution in [-0.4, -0.2) is 19.8 Å². The normalized spacial score (nSPS) is 44.4. The van der Waals surface area contributed by atoms with Crippen LogP contribution in [0.1, 0.15) is 65.2 Å². The zero-order valence-corrected chi connectivity index (χ0v) is 17.0. The molecule has 0 bridgehead atoms. The molecule has 0 heterocycles. The number of methoxy groups -OCH3 is 2. The van der Waals surface area contributed by atoms with Gasteiger partial charge in [-0.3, -0.25) is 0 Å². The Morgan fingerprint density at radius 3 is 2.65 bits per heavy atom. The van der Waals surface area contributed by atoms with Crippen LogP contribution in [0.3, 0.4) is 0 Å². The maximum atomic E-state index is 6.16. The van der Waals surface area contributed by atoms with Gasteiger partial charge in [0.2, 0.25) is 0 Å². The van der Waals surface area contributed by atoms with E-state index in [0.717, 1.165) is 31.1 Å². The number of hydrogen-bond donors (Lipinski definition) is 0. The van der Waals surface area contributed by atoms with E-state index in [-0.39, 0.29) is 11.0 Å². The van der Waals surface area contributed by atoms with Crippen molar-refractivity contribution >= 4 is 0 Å². The van der Waals surface area contributed by atoms with Gasteiger partial charge >= 0.3 is 0 Å². The molecule has 0 radical (unpaired) electrons. The lowest BCUT2D eigenvalue weighted by Crippen LogP contribution is -2.54. The van der Waals surface area contributed by atoms with Crippen LogP contribution in [0, 0.1) is 22.7 Å². The fraction of sp³-hybridized carbons (Fsp3) is 0.708. The molecule has 5 atom stereocenters. The van der Waals surface area contributed by atoms with E-state index in [0.29, 0.717) is 5.41 Å². The summed E-state index contributed by atoms with van der Waals surface area (Å²) in [5.74, 6) is 2.67. The lowest BCUT2D eigenvalue weighted by Gasteiger charge is -2.59. The van der Waals surface area contributed by atoms with Gasteiger partial charge in [0.05, 0.1) is 18.5 Å². The van der Waals surface area contributed by atoms with Crippen LogP contribution >= 0.6 is 0 Å². The third-order valence-corrected chi connectivity index (χ3v) is 8.84. The lowest BCUT2D eigenvalue weighted by atomic mass is 9.47. The zero-order chi connectivity index (χ0) is 18.6. The summed E-state index contributed by atoms with van der Waals surface area (Å²) in [5.41, 5.74) is 6.87. The highest BCUT2D eigenvalue weighted by atomic mass is 16.5.